The predicted molar refractivity (Wildman–Crippen MR) is 69.7 cm³/mol. The number of alkyl halides is 2. The molecule has 1 aliphatic heterocycles. The summed E-state index contributed by atoms with van der Waals surface area (Å²) >= 11 is 6.52. The molecule has 0 saturated carbocycles. The lowest BCUT2D eigenvalue weighted by Gasteiger charge is -2.36. The van der Waals surface area contributed by atoms with E-state index in [1.54, 1.807) is 0 Å². The predicted octanol–water partition coefficient (Wildman–Crippen LogP) is 1.03. The number of hydrogen-bond acceptors (Lipinski definition) is 3. The van der Waals surface area contributed by atoms with Gasteiger partial charge in [-0.25, -0.2) is 9.59 Å². The molecule has 0 bridgehead atoms. The van der Waals surface area contributed by atoms with E-state index in [4.69, 9.17) is 0 Å². The highest BCUT2D eigenvalue weighted by Gasteiger charge is 2.43. The van der Waals surface area contributed by atoms with Crippen LogP contribution in [0.15, 0.2) is 0 Å². The van der Waals surface area contributed by atoms with Crippen LogP contribution < -0.4 is 5.32 Å². The maximum Gasteiger partial charge on any atom is 0.322 e. The van der Waals surface area contributed by atoms with Gasteiger partial charge in [0.05, 0.1) is 12.8 Å². The van der Waals surface area contributed by atoms with Crippen LogP contribution in [0.3, 0.4) is 0 Å². The van der Waals surface area contributed by atoms with Gasteiger partial charge in [0.1, 0.15) is 13.1 Å². The Morgan fingerprint density at radius 2 is 1.44 bits per heavy atom. The van der Waals surface area contributed by atoms with Crippen LogP contribution in [-0.2, 0) is 9.59 Å². The second-order valence-corrected chi connectivity index (χ2v) is 5.42. The van der Waals surface area contributed by atoms with Crippen LogP contribution in [0.5, 0.6) is 0 Å². The molecule has 16 heavy (non-hydrogen) atoms. The maximum absolute atomic E-state index is 12.1. The second kappa shape index (κ2) is 6.83. The molecule has 0 radical (unpaired) electrons. The van der Waals surface area contributed by atoms with Crippen molar-refractivity contribution in [3.63, 3.8) is 0 Å². The van der Waals surface area contributed by atoms with E-state index in [1.807, 2.05) is 0 Å². The minimum absolute atomic E-state index is 0.0319. The van der Waals surface area contributed by atoms with Crippen LogP contribution in [0.25, 0.3) is 0 Å². The molecule has 4 nitrogen and oxygen atoms in total. The van der Waals surface area contributed by atoms with Gasteiger partial charge in [0, 0.05) is 23.7 Å². The van der Waals surface area contributed by atoms with E-state index in [0.717, 1.165) is 13.1 Å². The molecule has 1 heterocycles. The third kappa shape index (κ3) is 3.12. The average molecular weight is 357 g/mol. The average Bonchev–Trinajstić information content (AvgIpc) is 2.30. The number of imide groups is 1. The van der Waals surface area contributed by atoms with Crippen molar-refractivity contribution in [1.29, 1.82) is 0 Å². The Morgan fingerprint density at radius 3 is 1.81 bits per heavy atom. The number of carbonyl (C=O) groups is 2. The molecule has 1 saturated heterocycles. The van der Waals surface area contributed by atoms with Crippen LogP contribution in [0, 0.1) is 0 Å². The highest BCUT2D eigenvalue weighted by Crippen LogP contribution is 2.16. The smallest absolute Gasteiger partial charge is 0.306 e. The number of nitrogens with zero attached hydrogens (tertiary/aromatic N) is 1. The SMILES string of the molecule is O=C(CCBr)[N+]1(C(=O)CCBr)CCNCC1. The topological polar surface area (TPSA) is 46.2 Å². The molecule has 0 atom stereocenters. The zero-order valence-corrected chi connectivity index (χ0v) is 12.3. The molecule has 1 fully saturated rings. The zero-order chi connectivity index (χ0) is 12.0. The van der Waals surface area contributed by atoms with Crippen LogP contribution in [0.1, 0.15) is 12.8 Å². The molecule has 0 aliphatic carbocycles. The minimum Gasteiger partial charge on any atom is -0.306 e. The molecule has 1 aliphatic rings. The number of hydrogen-bond donors (Lipinski definition) is 1. The Labute approximate surface area is 113 Å². The van der Waals surface area contributed by atoms with E-state index < -0.39 is 0 Å². The van der Waals surface area contributed by atoms with Gasteiger partial charge in [-0.15, -0.1) is 0 Å². The first kappa shape index (κ1) is 14.3. The molecule has 0 aromatic heterocycles. The van der Waals surface area contributed by atoms with Crippen molar-refractivity contribution in [3.05, 3.63) is 0 Å². The van der Waals surface area contributed by atoms with Crippen molar-refractivity contribution in [2.75, 3.05) is 36.8 Å². The zero-order valence-electron chi connectivity index (χ0n) is 9.18. The molecule has 0 aromatic carbocycles. The molecule has 6 heteroatoms. The molecule has 0 spiro atoms. The van der Waals surface area contributed by atoms with Gasteiger partial charge >= 0.3 is 11.8 Å². The lowest BCUT2D eigenvalue weighted by atomic mass is 10.2. The number of carbonyl (C=O) groups excluding carboxylic acids is 2. The third-order valence-electron chi connectivity index (χ3n) is 2.91. The normalized spacial score (nSPS) is 19.4. The second-order valence-electron chi connectivity index (χ2n) is 3.83. The molecular weight excluding hydrogens is 340 g/mol. The number of rotatable bonds is 4. The molecule has 2 amide bonds. The van der Waals surface area contributed by atoms with E-state index in [1.165, 1.54) is 0 Å². The molecule has 1 N–H and O–H groups in total. The molecule has 0 aromatic rings. The van der Waals surface area contributed by atoms with Crippen molar-refractivity contribution in [1.82, 2.24) is 5.32 Å². The Morgan fingerprint density at radius 1 is 1.00 bits per heavy atom. The number of quaternary nitrogens is 1. The molecule has 92 valence electrons. The van der Waals surface area contributed by atoms with E-state index in [9.17, 15) is 9.59 Å². The Kier molecular flexibility index (Phi) is 6.10. The van der Waals surface area contributed by atoms with Gasteiger partial charge in [-0.1, -0.05) is 31.9 Å². The summed E-state index contributed by atoms with van der Waals surface area (Å²) in [6.07, 6.45) is 0.849. The minimum atomic E-state index is 0.0319. The molecule has 0 unspecified atom stereocenters. The van der Waals surface area contributed by atoms with Gasteiger partial charge in [-0.05, 0) is 0 Å². The van der Waals surface area contributed by atoms with Crippen molar-refractivity contribution >= 4 is 43.7 Å². The van der Waals surface area contributed by atoms with Crippen molar-refractivity contribution in [3.8, 4) is 0 Å². The van der Waals surface area contributed by atoms with Crippen molar-refractivity contribution in [2.45, 2.75) is 12.8 Å². The molecular formula is C10H17Br2N2O2+. The first-order chi connectivity index (χ1) is 7.67. The third-order valence-corrected chi connectivity index (χ3v) is 3.71. The number of piperazine rings is 1. The monoisotopic (exact) mass is 355 g/mol. The summed E-state index contributed by atoms with van der Waals surface area (Å²) in [4.78, 5) is 24.2. The van der Waals surface area contributed by atoms with E-state index in [0.29, 0.717) is 36.6 Å². The van der Waals surface area contributed by atoms with Gasteiger partial charge in [0.25, 0.3) is 0 Å². The first-order valence-electron chi connectivity index (χ1n) is 5.44. The summed E-state index contributed by atoms with van der Waals surface area (Å²) in [5, 5.41) is 4.44. The number of halogens is 2. The summed E-state index contributed by atoms with van der Waals surface area (Å²) in [6.45, 7) is 2.67. The van der Waals surface area contributed by atoms with Gasteiger partial charge in [-0.3, -0.25) is 0 Å². The summed E-state index contributed by atoms with van der Waals surface area (Å²) in [6, 6.07) is 0. The van der Waals surface area contributed by atoms with Gasteiger partial charge in [0.2, 0.25) is 0 Å². The fourth-order valence-electron chi connectivity index (χ4n) is 2.00. The van der Waals surface area contributed by atoms with Crippen LogP contribution in [0.2, 0.25) is 0 Å². The van der Waals surface area contributed by atoms with Crippen molar-refractivity contribution in [2.24, 2.45) is 0 Å². The number of nitrogens with one attached hydrogen (secondary N) is 1. The fourth-order valence-corrected chi connectivity index (χ4v) is 2.68. The standard InChI is InChI=1S/C10H17Br2N2O2/c11-3-1-9(15)14(10(16)2-4-12)7-5-13-6-8-14/h13H,1-8H2/q+1. The Hall–Kier alpha value is 0.220. The lowest BCUT2D eigenvalue weighted by molar-refractivity contribution is -0.782. The maximum atomic E-state index is 12.1. The van der Waals surface area contributed by atoms with E-state index >= 15 is 0 Å². The van der Waals surface area contributed by atoms with Crippen molar-refractivity contribution < 1.29 is 14.1 Å². The summed E-state index contributed by atoms with van der Waals surface area (Å²) in [5.74, 6) is 0.0913. The highest BCUT2D eigenvalue weighted by molar-refractivity contribution is 9.09. The van der Waals surface area contributed by atoms with E-state index in [-0.39, 0.29) is 16.3 Å². The summed E-state index contributed by atoms with van der Waals surface area (Å²) < 4.78 is 0.0319. The van der Waals surface area contributed by atoms with Gasteiger partial charge < -0.3 is 5.32 Å². The summed E-state index contributed by atoms with van der Waals surface area (Å²) in [5.41, 5.74) is 0. The van der Waals surface area contributed by atoms with Crippen LogP contribution >= 0.6 is 31.9 Å². The van der Waals surface area contributed by atoms with Crippen LogP contribution in [-0.4, -0.2) is 53.1 Å². The largest absolute Gasteiger partial charge is 0.322 e. The summed E-state index contributed by atoms with van der Waals surface area (Å²) in [7, 11) is 0. The quantitative estimate of drug-likeness (QED) is 0.604. The van der Waals surface area contributed by atoms with Gasteiger partial charge in [0.15, 0.2) is 0 Å². The van der Waals surface area contributed by atoms with Crippen LogP contribution in [0.4, 0.5) is 0 Å². The first-order valence-corrected chi connectivity index (χ1v) is 7.68. The molecule has 1 rings (SSSR count). The highest BCUT2D eigenvalue weighted by atomic mass is 79.9. The van der Waals surface area contributed by atoms with E-state index in [2.05, 4.69) is 37.2 Å². The Balaban J connectivity index is 2.82. The Bertz CT molecular complexity index is 246. The fraction of sp³-hybridized carbons (Fsp3) is 0.800. The lowest BCUT2D eigenvalue weighted by Crippen LogP contribution is -2.64. The van der Waals surface area contributed by atoms with Gasteiger partial charge in [-0.2, -0.15) is 4.48 Å². The number of amides is 2.